The number of rotatable bonds is 6. The number of aromatic nitrogens is 3. The molecule has 1 aliphatic rings. The maximum atomic E-state index is 12.0. The third-order valence-electron chi connectivity index (χ3n) is 4.74. The lowest BCUT2D eigenvalue weighted by molar-refractivity contribution is -0.383. The third kappa shape index (κ3) is 3.62. The van der Waals surface area contributed by atoms with Gasteiger partial charge in [-0.15, -0.1) is 0 Å². The lowest BCUT2D eigenvalue weighted by Gasteiger charge is -2.24. The molecule has 8 nitrogen and oxygen atoms in total. The first-order valence-corrected chi connectivity index (χ1v) is 9.21. The molecule has 8 heteroatoms. The number of nitro groups is 1. The average Bonchev–Trinajstić information content (AvgIpc) is 3.27. The molecule has 0 saturated carbocycles. The van der Waals surface area contributed by atoms with E-state index < -0.39 is 0 Å². The zero-order valence-corrected chi connectivity index (χ0v) is 15.3. The highest BCUT2D eigenvalue weighted by Gasteiger charge is 2.32. The van der Waals surface area contributed by atoms with Crippen LogP contribution in [0.3, 0.4) is 0 Å². The van der Waals surface area contributed by atoms with E-state index in [-0.39, 0.29) is 16.4 Å². The minimum atomic E-state index is -0.385. The quantitative estimate of drug-likeness (QED) is 0.478. The predicted molar refractivity (Wildman–Crippen MR) is 107 cm³/mol. The third-order valence-corrected chi connectivity index (χ3v) is 4.74. The molecule has 3 aromatic rings. The predicted octanol–water partition coefficient (Wildman–Crippen LogP) is 3.72. The van der Waals surface area contributed by atoms with Gasteiger partial charge in [-0.1, -0.05) is 36.4 Å². The van der Waals surface area contributed by atoms with E-state index in [2.05, 4.69) is 15.0 Å². The summed E-state index contributed by atoms with van der Waals surface area (Å²) in [7, 11) is 0. The second-order valence-corrected chi connectivity index (χ2v) is 6.58. The molecule has 1 aliphatic heterocycles. The highest BCUT2D eigenvalue weighted by Crippen LogP contribution is 2.38. The van der Waals surface area contributed by atoms with Crippen molar-refractivity contribution in [2.24, 2.45) is 0 Å². The van der Waals surface area contributed by atoms with E-state index in [1.54, 1.807) is 11.1 Å². The lowest BCUT2D eigenvalue weighted by atomic mass is 10.2. The van der Waals surface area contributed by atoms with Crippen LogP contribution in [-0.4, -0.2) is 33.0 Å². The fourth-order valence-electron chi connectivity index (χ4n) is 3.43. The molecule has 2 aromatic heterocycles. The van der Waals surface area contributed by atoms with Crippen LogP contribution in [0.1, 0.15) is 18.4 Å². The number of nitrogens with zero attached hydrogens (tertiary/aromatic N) is 6. The second-order valence-electron chi connectivity index (χ2n) is 6.58. The molecule has 1 fully saturated rings. The van der Waals surface area contributed by atoms with Crippen molar-refractivity contribution in [2.45, 2.75) is 19.4 Å². The topological polar surface area (TPSA) is 88.3 Å². The molecule has 28 heavy (non-hydrogen) atoms. The molecule has 0 atom stereocenters. The van der Waals surface area contributed by atoms with Crippen LogP contribution in [-0.2, 0) is 6.54 Å². The first kappa shape index (κ1) is 17.8. The molecule has 142 valence electrons. The molecule has 3 heterocycles. The van der Waals surface area contributed by atoms with Gasteiger partial charge in [0.1, 0.15) is 12.1 Å². The van der Waals surface area contributed by atoms with Crippen molar-refractivity contribution in [3.8, 4) is 0 Å². The lowest BCUT2D eigenvalue weighted by Crippen LogP contribution is -2.24. The van der Waals surface area contributed by atoms with E-state index >= 15 is 0 Å². The molecule has 0 N–H and O–H groups in total. The molecule has 0 aliphatic carbocycles. The summed E-state index contributed by atoms with van der Waals surface area (Å²) < 4.78 is 0. The van der Waals surface area contributed by atoms with Gasteiger partial charge in [-0.05, 0) is 30.5 Å². The summed E-state index contributed by atoms with van der Waals surface area (Å²) in [5, 5.41) is 12.0. The van der Waals surface area contributed by atoms with Gasteiger partial charge in [-0.2, -0.15) is 0 Å². The largest absolute Gasteiger partial charge is 0.354 e. The summed E-state index contributed by atoms with van der Waals surface area (Å²) in [6, 6.07) is 15.3. The fourth-order valence-corrected chi connectivity index (χ4v) is 3.43. The van der Waals surface area contributed by atoms with E-state index in [0.717, 1.165) is 31.5 Å². The van der Waals surface area contributed by atoms with Crippen LogP contribution in [0.2, 0.25) is 0 Å². The maximum absolute atomic E-state index is 12.0. The summed E-state index contributed by atoms with van der Waals surface area (Å²) in [5.41, 5.74) is 0.926. The number of benzene rings is 1. The molecule has 1 saturated heterocycles. The second kappa shape index (κ2) is 7.99. The van der Waals surface area contributed by atoms with Crippen molar-refractivity contribution in [3.63, 3.8) is 0 Å². The Morgan fingerprint density at radius 2 is 1.75 bits per heavy atom. The van der Waals surface area contributed by atoms with Crippen molar-refractivity contribution in [3.05, 3.63) is 76.7 Å². The number of hydrogen-bond acceptors (Lipinski definition) is 7. The van der Waals surface area contributed by atoms with Gasteiger partial charge in [0.25, 0.3) is 0 Å². The van der Waals surface area contributed by atoms with Gasteiger partial charge in [0.15, 0.2) is 0 Å². The van der Waals surface area contributed by atoms with Crippen LogP contribution in [0, 0.1) is 10.1 Å². The molecule has 0 unspecified atom stereocenters. The van der Waals surface area contributed by atoms with Gasteiger partial charge in [0, 0.05) is 19.3 Å². The monoisotopic (exact) mass is 376 g/mol. The first-order chi connectivity index (χ1) is 13.7. The Labute approximate surface area is 162 Å². The number of hydrogen-bond donors (Lipinski definition) is 0. The van der Waals surface area contributed by atoms with E-state index in [0.29, 0.717) is 18.2 Å². The van der Waals surface area contributed by atoms with Gasteiger partial charge in [0.05, 0.1) is 11.5 Å². The van der Waals surface area contributed by atoms with Gasteiger partial charge in [-0.3, -0.25) is 10.1 Å². The Balaban J connectivity index is 1.83. The highest BCUT2D eigenvalue weighted by atomic mass is 16.6. The number of anilines is 3. The molecule has 0 radical (unpaired) electrons. The van der Waals surface area contributed by atoms with Crippen LogP contribution in [0.5, 0.6) is 0 Å². The number of pyridine rings is 1. The minimum absolute atomic E-state index is 0.0778. The maximum Gasteiger partial charge on any atom is 0.354 e. The summed E-state index contributed by atoms with van der Waals surface area (Å²) >= 11 is 0. The molecule has 4 rings (SSSR count). The molecule has 0 spiro atoms. The van der Waals surface area contributed by atoms with Crippen LogP contribution in [0.25, 0.3) is 0 Å². The van der Waals surface area contributed by atoms with E-state index in [9.17, 15) is 10.1 Å². The molecular formula is C20H20N6O2. The average molecular weight is 376 g/mol. The van der Waals surface area contributed by atoms with Crippen LogP contribution < -0.4 is 9.80 Å². The van der Waals surface area contributed by atoms with Crippen molar-refractivity contribution >= 4 is 23.1 Å². The smallest absolute Gasteiger partial charge is 0.351 e. The molecular weight excluding hydrogens is 356 g/mol. The Morgan fingerprint density at radius 1 is 1.00 bits per heavy atom. The van der Waals surface area contributed by atoms with Crippen LogP contribution in [0.15, 0.2) is 61.1 Å². The Hall–Kier alpha value is -3.55. The minimum Gasteiger partial charge on any atom is -0.351 e. The van der Waals surface area contributed by atoms with Crippen molar-refractivity contribution in [2.75, 3.05) is 22.9 Å². The SMILES string of the molecule is O=[N+]([O-])c1c(N2CCCC2)ncnc1N(Cc1ccccc1)c1ccccn1. The normalized spacial score (nSPS) is 13.5. The van der Waals surface area contributed by atoms with Crippen molar-refractivity contribution < 1.29 is 4.92 Å². The zero-order valence-electron chi connectivity index (χ0n) is 15.3. The Kier molecular flexibility index (Phi) is 5.09. The Morgan fingerprint density at radius 3 is 2.43 bits per heavy atom. The van der Waals surface area contributed by atoms with Gasteiger partial charge < -0.3 is 9.80 Å². The zero-order chi connectivity index (χ0) is 19.3. The van der Waals surface area contributed by atoms with Crippen LogP contribution in [0.4, 0.5) is 23.1 Å². The van der Waals surface area contributed by atoms with Crippen molar-refractivity contribution in [1.82, 2.24) is 15.0 Å². The summed E-state index contributed by atoms with van der Waals surface area (Å²) in [4.78, 5) is 28.4. The molecule has 0 bridgehead atoms. The van der Waals surface area contributed by atoms with E-state index in [4.69, 9.17) is 0 Å². The fraction of sp³-hybridized carbons (Fsp3) is 0.250. The van der Waals surface area contributed by atoms with E-state index in [1.165, 1.54) is 6.33 Å². The molecule has 1 aromatic carbocycles. The Bertz CT molecular complexity index is 945. The summed E-state index contributed by atoms with van der Waals surface area (Å²) in [6.45, 7) is 1.94. The first-order valence-electron chi connectivity index (χ1n) is 9.21. The van der Waals surface area contributed by atoms with Gasteiger partial charge in [0.2, 0.25) is 11.6 Å². The summed E-state index contributed by atoms with van der Waals surface area (Å²) in [5.74, 6) is 1.23. The van der Waals surface area contributed by atoms with Crippen LogP contribution >= 0.6 is 0 Å². The van der Waals surface area contributed by atoms with Gasteiger partial charge in [-0.25, -0.2) is 15.0 Å². The highest BCUT2D eigenvalue weighted by molar-refractivity contribution is 5.75. The molecule has 0 amide bonds. The standard InChI is InChI=1S/C20H20N6O2/c27-26(28)18-19(24-12-6-7-13-24)22-15-23-20(18)25(17-10-4-5-11-21-17)14-16-8-2-1-3-9-16/h1-5,8-11,15H,6-7,12-14H2. The van der Waals surface area contributed by atoms with Crippen molar-refractivity contribution in [1.29, 1.82) is 0 Å². The summed E-state index contributed by atoms with van der Waals surface area (Å²) in [6.07, 6.45) is 5.08. The van der Waals surface area contributed by atoms with E-state index in [1.807, 2.05) is 53.4 Å². The van der Waals surface area contributed by atoms with Gasteiger partial charge >= 0.3 is 5.69 Å².